The molecule has 0 saturated carbocycles. The molecule has 1 aromatic heterocycles. The Morgan fingerprint density at radius 2 is 2.00 bits per heavy atom. The van der Waals surface area contributed by atoms with Crippen LogP contribution in [0.4, 0.5) is 5.69 Å². The number of nitrogen functional groups attached to an aromatic ring is 1. The number of benzene rings is 1. The van der Waals surface area contributed by atoms with Gasteiger partial charge in [0.05, 0.1) is 5.52 Å². The number of para-hydroxylation sites is 1. The lowest BCUT2D eigenvalue weighted by atomic mass is 9.71. The number of aromatic nitrogens is 1. The van der Waals surface area contributed by atoms with Crippen molar-refractivity contribution in [1.82, 2.24) is 4.98 Å². The summed E-state index contributed by atoms with van der Waals surface area (Å²) < 4.78 is 0. The Labute approximate surface area is 125 Å². The molecule has 2 unspecified atom stereocenters. The van der Waals surface area contributed by atoms with Crippen molar-refractivity contribution >= 4 is 29.0 Å². The lowest BCUT2D eigenvalue weighted by Gasteiger charge is -2.35. The predicted molar refractivity (Wildman–Crippen MR) is 86.3 cm³/mol. The lowest BCUT2D eigenvalue weighted by Crippen LogP contribution is -2.24. The van der Waals surface area contributed by atoms with Gasteiger partial charge in [-0.05, 0) is 38.2 Å². The average molecular weight is 287 g/mol. The van der Waals surface area contributed by atoms with Gasteiger partial charge in [0.2, 0.25) is 0 Å². The molecule has 3 heteroatoms. The first-order valence-corrected chi connectivity index (χ1v) is 7.06. The fourth-order valence-electron chi connectivity index (χ4n) is 3.88. The van der Waals surface area contributed by atoms with Crippen LogP contribution in [0.3, 0.4) is 0 Å². The molecule has 0 fully saturated rings. The third kappa shape index (κ3) is 1.90. The first kappa shape index (κ1) is 13.4. The maximum absolute atomic E-state index is 6.45. The maximum Gasteiger partial charge on any atom is 0.0726 e. The van der Waals surface area contributed by atoms with Gasteiger partial charge in [-0.3, -0.25) is 4.98 Å². The highest BCUT2D eigenvalue weighted by Crippen LogP contribution is 2.45. The zero-order valence-corrected chi connectivity index (χ0v) is 12.4. The Hall–Kier alpha value is -1.54. The van der Waals surface area contributed by atoms with Crippen LogP contribution in [0, 0.1) is 5.92 Å². The molecule has 2 aliphatic carbocycles. The lowest BCUT2D eigenvalue weighted by molar-refractivity contribution is 0.403. The number of allylic oxidation sites excluding steroid dienone is 2. The van der Waals surface area contributed by atoms with Gasteiger partial charge in [0, 0.05) is 28.2 Å². The van der Waals surface area contributed by atoms with Gasteiger partial charge >= 0.3 is 0 Å². The highest BCUT2D eigenvalue weighted by molar-refractivity contribution is 5.92. The van der Waals surface area contributed by atoms with Crippen LogP contribution in [-0.4, -0.2) is 4.98 Å². The van der Waals surface area contributed by atoms with Crippen molar-refractivity contribution in [1.29, 1.82) is 0 Å². The Kier molecular flexibility index (Phi) is 3.21. The Balaban J connectivity index is 0.00000121. The normalized spacial score (nSPS) is 23.8. The summed E-state index contributed by atoms with van der Waals surface area (Å²) in [6, 6.07) is 8.23. The quantitative estimate of drug-likeness (QED) is 0.736. The third-order valence-corrected chi connectivity index (χ3v) is 4.59. The summed E-state index contributed by atoms with van der Waals surface area (Å²) in [5.74, 6) is 1.25. The van der Waals surface area contributed by atoms with Gasteiger partial charge in [-0.2, -0.15) is 0 Å². The smallest absolute Gasteiger partial charge is 0.0726 e. The summed E-state index contributed by atoms with van der Waals surface area (Å²) in [7, 11) is 0. The zero-order valence-electron chi connectivity index (χ0n) is 11.6. The molecule has 1 heterocycles. The molecule has 4 rings (SSSR count). The molecule has 0 radical (unpaired) electrons. The fraction of sp³-hybridized carbons (Fsp3) is 0.353. The van der Waals surface area contributed by atoms with Crippen LogP contribution in [0.5, 0.6) is 0 Å². The van der Waals surface area contributed by atoms with Crippen molar-refractivity contribution in [3.63, 3.8) is 0 Å². The largest absolute Gasteiger partial charge is 0.398 e. The van der Waals surface area contributed by atoms with Gasteiger partial charge in [-0.15, -0.1) is 12.4 Å². The maximum atomic E-state index is 6.45. The standard InChI is InChI=1S/C17H18N2.ClH/c1-10-6-11-8-12(7-10)16-15(9-11)19-14-5-3-2-4-13(14)17(16)18;/h2-5,7,11-12H,6,8-9H2,1H3,(H2,18,19);1H. The Morgan fingerprint density at radius 1 is 1.20 bits per heavy atom. The second-order valence-electron chi connectivity index (χ2n) is 6.03. The summed E-state index contributed by atoms with van der Waals surface area (Å²) in [4.78, 5) is 4.87. The molecule has 2 atom stereocenters. The minimum Gasteiger partial charge on any atom is -0.398 e. The molecular formula is C17H19ClN2. The first-order valence-electron chi connectivity index (χ1n) is 7.06. The van der Waals surface area contributed by atoms with Crippen LogP contribution >= 0.6 is 12.4 Å². The first-order chi connectivity index (χ1) is 9.22. The van der Waals surface area contributed by atoms with E-state index in [9.17, 15) is 0 Å². The van der Waals surface area contributed by atoms with Crippen molar-refractivity contribution in [3.8, 4) is 0 Å². The van der Waals surface area contributed by atoms with Gasteiger partial charge in [-0.25, -0.2) is 0 Å². The molecule has 0 amide bonds. The monoisotopic (exact) mass is 286 g/mol. The molecule has 0 aliphatic heterocycles. The minimum absolute atomic E-state index is 0. The van der Waals surface area contributed by atoms with Gasteiger partial charge in [0.25, 0.3) is 0 Å². The van der Waals surface area contributed by atoms with Crippen LogP contribution in [0.25, 0.3) is 10.9 Å². The molecule has 20 heavy (non-hydrogen) atoms. The molecule has 1 aromatic carbocycles. The van der Waals surface area contributed by atoms with E-state index in [1.165, 1.54) is 29.7 Å². The Bertz CT molecular complexity index is 705. The van der Waals surface area contributed by atoms with E-state index in [-0.39, 0.29) is 12.4 Å². The van der Waals surface area contributed by atoms with E-state index in [0.717, 1.165) is 28.9 Å². The number of fused-ring (bicyclic) bond motifs is 5. The molecular weight excluding hydrogens is 268 g/mol. The van der Waals surface area contributed by atoms with Crippen molar-refractivity contribution < 1.29 is 0 Å². The fourth-order valence-corrected chi connectivity index (χ4v) is 3.88. The average Bonchev–Trinajstić information content (AvgIpc) is 2.37. The second kappa shape index (κ2) is 4.78. The van der Waals surface area contributed by atoms with E-state index >= 15 is 0 Å². The topological polar surface area (TPSA) is 38.9 Å². The van der Waals surface area contributed by atoms with E-state index in [2.05, 4.69) is 25.1 Å². The summed E-state index contributed by atoms with van der Waals surface area (Å²) in [5.41, 5.74) is 12.5. The molecule has 2 aromatic rings. The number of hydrogen-bond donors (Lipinski definition) is 1. The van der Waals surface area contributed by atoms with Crippen molar-refractivity contribution in [3.05, 3.63) is 47.2 Å². The zero-order chi connectivity index (χ0) is 13.0. The second-order valence-corrected chi connectivity index (χ2v) is 6.03. The SMILES string of the molecule is CC1=CC2CC(C1)Cc1nc3ccccc3c(N)c12.Cl. The summed E-state index contributed by atoms with van der Waals surface area (Å²) >= 11 is 0. The molecule has 104 valence electrons. The third-order valence-electron chi connectivity index (χ3n) is 4.59. The highest BCUT2D eigenvalue weighted by atomic mass is 35.5. The van der Waals surface area contributed by atoms with E-state index in [1.807, 2.05) is 12.1 Å². The van der Waals surface area contributed by atoms with Crippen LogP contribution in [-0.2, 0) is 6.42 Å². The molecule has 2 bridgehead atoms. The van der Waals surface area contributed by atoms with E-state index in [4.69, 9.17) is 10.7 Å². The van der Waals surface area contributed by atoms with Crippen molar-refractivity contribution in [2.45, 2.75) is 32.1 Å². The van der Waals surface area contributed by atoms with Crippen LogP contribution in [0.2, 0.25) is 0 Å². The summed E-state index contributed by atoms with van der Waals surface area (Å²) in [6.07, 6.45) is 5.96. The number of anilines is 1. The number of rotatable bonds is 0. The van der Waals surface area contributed by atoms with Crippen LogP contribution < -0.4 is 5.73 Å². The molecule has 2 aliphatic rings. The van der Waals surface area contributed by atoms with E-state index < -0.39 is 0 Å². The van der Waals surface area contributed by atoms with Gasteiger partial charge in [-0.1, -0.05) is 29.8 Å². The van der Waals surface area contributed by atoms with E-state index in [0.29, 0.717) is 5.92 Å². The predicted octanol–water partition coefficient (Wildman–Crippen LogP) is 4.23. The van der Waals surface area contributed by atoms with Crippen LogP contribution in [0.15, 0.2) is 35.9 Å². The van der Waals surface area contributed by atoms with Crippen molar-refractivity contribution in [2.75, 3.05) is 5.73 Å². The van der Waals surface area contributed by atoms with Gasteiger partial charge < -0.3 is 5.73 Å². The Morgan fingerprint density at radius 3 is 2.85 bits per heavy atom. The molecule has 2 nitrogen and oxygen atoms in total. The van der Waals surface area contributed by atoms with Crippen molar-refractivity contribution in [2.24, 2.45) is 5.92 Å². The number of halogens is 1. The number of pyridine rings is 1. The van der Waals surface area contributed by atoms with E-state index in [1.54, 1.807) is 0 Å². The summed E-state index contributed by atoms with van der Waals surface area (Å²) in [6.45, 7) is 2.24. The number of hydrogen-bond acceptors (Lipinski definition) is 2. The number of nitrogens with zero attached hydrogens (tertiary/aromatic N) is 1. The molecule has 0 spiro atoms. The minimum atomic E-state index is 0. The highest BCUT2D eigenvalue weighted by Gasteiger charge is 2.32. The summed E-state index contributed by atoms with van der Waals surface area (Å²) in [5, 5.41) is 1.11. The molecule has 2 N–H and O–H groups in total. The number of nitrogens with two attached hydrogens (primary N) is 1. The van der Waals surface area contributed by atoms with Crippen LogP contribution in [0.1, 0.15) is 36.9 Å². The molecule has 0 saturated heterocycles. The van der Waals surface area contributed by atoms with Gasteiger partial charge in [0.15, 0.2) is 0 Å². The van der Waals surface area contributed by atoms with Gasteiger partial charge in [0.1, 0.15) is 0 Å².